The van der Waals surface area contributed by atoms with E-state index in [1.165, 1.54) is 38.7 Å². The zero-order chi connectivity index (χ0) is 38.6. The van der Waals surface area contributed by atoms with E-state index in [4.69, 9.17) is 5.73 Å². The fraction of sp³-hybridized carbons (Fsp3) is 0.854. The average molecular weight is 740 g/mol. The van der Waals surface area contributed by atoms with Crippen LogP contribution in [0, 0.1) is 27.6 Å². The molecule has 12 nitrogen and oxygen atoms in total. The van der Waals surface area contributed by atoms with E-state index in [9.17, 15) is 24.0 Å². The molecular formula is C41H69N7O5. The molecule has 6 aliphatic rings. The van der Waals surface area contributed by atoms with Gasteiger partial charge in [-0.2, -0.15) is 0 Å². The van der Waals surface area contributed by atoms with Gasteiger partial charge in [-0.25, -0.2) is 0 Å². The number of aliphatic imine (C=N–C) groups is 1. The van der Waals surface area contributed by atoms with Gasteiger partial charge in [0.25, 0.3) is 5.91 Å². The number of ketones is 1. The van der Waals surface area contributed by atoms with Crippen LogP contribution < -0.4 is 27.0 Å². The van der Waals surface area contributed by atoms with Crippen LogP contribution in [0.25, 0.3) is 0 Å². The van der Waals surface area contributed by atoms with E-state index < -0.39 is 47.2 Å². The quantitative estimate of drug-likeness (QED) is 0.114. The van der Waals surface area contributed by atoms with Crippen molar-refractivity contribution in [3.8, 4) is 0 Å². The Balaban J connectivity index is 0.000000820. The van der Waals surface area contributed by atoms with Crippen LogP contribution in [0.3, 0.4) is 0 Å². The summed E-state index contributed by atoms with van der Waals surface area (Å²) in [5.41, 5.74) is 4.81. The van der Waals surface area contributed by atoms with Crippen LogP contribution in [-0.2, 0) is 24.0 Å². The Labute approximate surface area is 317 Å². The molecule has 2 heterocycles. The van der Waals surface area contributed by atoms with Crippen LogP contribution in [0.4, 0.5) is 0 Å². The van der Waals surface area contributed by atoms with Gasteiger partial charge in [-0.3, -0.25) is 29.0 Å². The fourth-order valence-corrected chi connectivity index (χ4v) is 10.3. The van der Waals surface area contributed by atoms with Gasteiger partial charge in [-0.1, -0.05) is 80.1 Å². The first-order valence-corrected chi connectivity index (χ1v) is 20.8. The lowest BCUT2D eigenvalue weighted by Crippen LogP contribution is -2.60. The number of carbonyl (C=O) groups is 5. The number of amides is 4. The van der Waals surface area contributed by atoms with Crippen molar-refractivity contribution in [1.29, 1.82) is 0 Å². The SMILES string of the molecule is C1CCNCC1.CCC[C@H](NC(=O)[C@@H]1C[C@@]2(CN1C(=O)[C@@H](NC(=O)C(N=CN)C1CCCCC1)C(C)(C)C)C(C)(C)C21CCC1)C(=O)C(=O)NC1CC1. The predicted molar refractivity (Wildman–Crippen MR) is 207 cm³/mol. The first kappa shape index (κ1) is 41.1. The van der Waals surface area contributed by atoms with Gasteiger partial charge < -0.3 is 31.9 Å². The molecule has 2 spiro atoms. The molecule has 6 N–H and O–H groups in total. The number of nitrogens with one attached hydrogen (secondary N) is 4. The number of likely N-dealkylation sites (tertiary alicyclic amines) is 1. The first-order valence-electron chi connectivity index (χ1n) is 20.8. The Kier molecular flexibility index (Phi) is 13.0. The van der Waals surface area contributed by atoms with Gasteiger partial charge in [0.05, 0.1) is 12.4 Å². The summed E-state index contributed by atoms with van der Waals surface area (Å²) in [7, 11) is 0. The highest BCUT2D eigenvalue weighted by molar-refractivity contribution is 6.38. The Hall–Kier alpha value is -3.02. The second kappa shape index (κ2) is 16.8. The van der Waals surface area contributed by atoms with Gasteiger partial charge in [-0.05, 0) is 99.5 Å². The van der Waals surface area contributed by atoms with Gasteiger partial charge >= 0.3 is 0 Å². The number of piperidine rings is 1. The highest BCUT2D eigenvalue weighted by Gasteiger charge is 2.85. The summed E-state index contributed by atoms with van der Waals surface area (Å²) in [6.07, 6.45) is 16.8. The summed E-state index contributed by atoms with van der Waals surface area (Å²) in [5.74, 6) is -2.28. The maximum Gasteiger partial charge on any atom is 0.289 e. The van der Waals surface area contributed by atoms with Crippen LogP contribution in [0.5, 0.6) is 0 Å². The smallest absolute Gasteiger partial charge is 0.289 e. The van der Waals surface area contributed by atoms with E-state index in [0.717, 1.165) is 64.2 Å². The van der Waals surface area contributed by atoms with Crippen molar-refractivity contribution in [2.24, 2.45) is 38.3 Å². The van der Waals surface area contributed by atoms with E-state index in [2.05, 4.69) is 40.1 Å². The van der Waals surface area contributed by atoms with Crippen molar-refractivity contribution in [3.05, 3.63) is 0 Å². The molecule has 6 fully saturated rings. The van der Waals surface area contributed by atoms with Gasteiger partial charge in [0.2, 0.25) is 23.5 Å². The van der Waals surface area contributed by atoms with Gasteiger partial charge in [0.15, 0.2) is 0 Å². The Morgan fingerprint density at radius 2 is 1.55 bits per heavy atom. The zero-order valence-electron chi connectivity index (χ0n) is 33.5. The molecule has 4 amide bonds. The maximum absolute atomic E-state index is 14.8. The highest BCUT2D eigenvalue weighted by Crippen LogP contribution is 2.88. The molecule has 6 rings (SSSR count). The summed E-state index contributed by atoms with van der Waals surface area (Å²) in [6.45, 7) is 15.1. The largest absolute Gasteiger partial charge is 0.390 e. The molecule has 0 aromatic carbocycles. The summed E-state index contributed by atoms with van der Waals surface area (Å²) < 4.78 is 0. The lowest BCUT2D eigenvalue weighted by Gasteiger charge is -2.37. The maximum atomic E-state index is 14.8. The van der Waals surface area contributed by atoms with Crippen molar-refractivity contribution >= 4 is 35.8 Å². The fourth-order valence-electron chi connectivity index (χ4n) is 10.3. The van der Waals surface area contributed by atoms with Gasteiger partial charge in [-0.15, -0.1) is 0 Å². The normalized spacial score (nSPS) is 27.9. The molecule has 2 aliphatic heterocycles. The molecule has 298 valence electrons. The Morgan fingerprint density at radius 1 is 0.906 bits per heavy atom. The third kappa shape index (κ3) is 8.47. The standard InChI is InChI=1S/C36H58N6O5.C5H11N/c1-7-12-24(27(43)31(46)39-23-15-16-23)40-29(44)25-19-36(34(5,6)35(36)17-11-18-35)20-42(25)32(47)28(33(2,3)4)41-30(45)26(38-21-37)22-13-9-8-10-14-22;1-2-4-6-5-3-1/h21-26,28H,7-20H2,1-6H3,(H2,37,38)(H,39,46)(H,40,44)(H,41,45);6H,1-5H2/t24-,25-,26?,28+,36+;/m0./s1. The third-order valence-corrected chi connectivity index (χ3v) is 14.0. The van der Waals surface area contributed by atoms with Crippen molar-refractivity contribution in [1.82, 2.24) is 26.2 Å². The van der Waals surface area contributed by atoms with E-state index in [1.54, 1.807) is 4.90 Å². The molecule has 0 bridgehead atoms. The molecule has 5 atom stereocenters. The molecule has 1 unspecified atom stereocenters. The van der Waals surface area contributed by atoms with E-state index in [1.807, 2.05) is 27.7 Å². The molecule has 0 aromatic rings. The summed E-state index contributed by atoms with van der Waals surface area (Å²) in [4.78, 5) is 74.8. The molecule has 0 radical (unpaired) electrons. The number of fused-ring (bicyclic) bond motifs is 1. The molecule has 4 aliphatic carbocycles. The van der Waals surface area contributed by atoms with Crippen LogP contribution in [0.1, 0.15) is 144 Å². The third-order valence-electron chi connectivity index (χ3n) is 14.0. The van der Waals surface area contributed by atoms with Crippen LogP contribution in [-0.4, -0.2) is 90.5 Å². The number of carbonyl (C=O) groups excluding carboxylic acids is 5. The van der Waals surface area contributed by atoms with Crippen molar-refractivity contribution in [2.75, 3.05) is 19.6 Å². The van der Waals surface area contributed by atoms with E-state index in [-0.39, 0.29) is 40.0 Å². The molecule has 2 saturated heterocycles. The second-order valence-electron chi connectivity index (χ2n) is 18.6. The van der Waals surface area contributed by atoms with E-state index >= 15 is 0 Å². The summed E-state index contributed by atoms with van der Waals surface area (Å²) in [6, 6.07) is -3.34. The van der Waals surface area contributed by atoms with Crippen molar-refractivity contribution in [3.63, 3.8) is 0 Å². The van der Waals surface area contributed by atoms with Gasteiger partial charge in [0.1, 0.15) is 18.1 Å². The molecule has 53 heavy (non-hydrogen) atoms. The lowest BCUT2D eigenvalue weighted by molar-refractivity contribution is -0.145. The zero-order valence-corrected chi connectivity index (χ0v) is 33.5. The number of rotatable bonds is 12. The van der Waals surface area contributed by atoms with Crippen LogP contribution >= 0.6 is 0 Å². The number of Topliss-reactive ketones (excluding diaryl/α,β-unsaturated/α-hetero) is 1. The monoisotopic (exact) mass is 740 g/mol. The molecule has 0 aromatic heterocycles. The highest BCUT2D eigenvalue weighted by atomic mass is 16.2. The molecule has 4 saturated carbocycles. The summed E-state index contributed by atoms with van der Waals surface area (Å²) in [5, 5.41) is 12.0. The minimum Gasteiger partial charge on any atom is -0.390 e. The van der Waals surface area contributed by atoms with Gasteiger partial charge in [0, 0.05) is 18.0 Å². The first-order chi connectivity index (χ1) is 25.1. The topological polar surface area (TPSA) is 175 Å². The Morgan fingerprint density at radius 3 is 2.02 bits per heavy atom. The number of hydrogen-bond acceptors (Lipinski definition) is 7. The Bertz CT molecular complexity index is 1360. The van der Waals surface area contributed by atoms with E-state index in [0.29, 0.717) is 25.8 Å². The van der Waals surface area contributed by atoms with Crippen LogP contribution in [0.15, 0.2) is 4.99 Å². The second-order valence-corrected chi connectivity index (χ2v) is 18.6. The minimum atomic E-state index is -0.965. The predicted octanol–water partition coefficient (Wildman–Crippen LogP) is 4.14. The minimum absolute atomic E-state index is 0.0285. The number of hydrogen-bond donors (Lipinski definition) is 5. The van der Waals surface area contributed by atoms with Crippen LogP contribution in [0.2, 0.25) is 0 Å². The number of nitrogens with two attached hydrogens (primary N) is 1. The lowest BCUT2D eigenvalue weighted by atomic mass is 9.73. The van der Waals surface area contributed by atoms with Crippen molar-refractivity contribution < 1.29 is 24.0 Å². The number of nitrogens with zero attached hydrogens (tertiary/aromatic N) is 2. The molecular weight excluding hydrogens is 670 g/mol. The van der Waals surface area contributed by atoms with Crippen molar-refractivity contribution in [2.45, 2.75) is 174 Å². The molecule has 12 heteroatoms. The summed E-state index contributed by atoms with van der Waals surface area (Å²) >= 11 is 0. The average Bonchev–Trinajstić information content (AvgIpc) is 3.94.